The summed E-state index contributed by atoms with van der Waals surface area (Å²) in [6.07, 6.45) is -20.8. The second-order valence-electron chi connectivity index (χ2n) is 11.7. The normalized spacial score (nSPS) is 23.7. The lowest BCUT2D eigenvalue weighted by Crippen LogP contribution is -2.50. The number of likely N-dealkylation sites (tertiary alicyclic amines) is 2. The number of amides is 1. The fraction of sp³-hybridized carbons (Fsp3) is 0.692. The highest BCUT2D eigenvalue weighted by molar-refractivity contribution is 5.76. The molecule has 4 rings (SSSR count). The molecule has 16 heteroatoms. The van der Waals surface area contributed by atoms with Gasteiger partial charge < -0.3 is 19.6 Å². The van der Waals surface area contributed by atoms with E-state index in [-0.39, 0.29) is 57.7 Å². The highest BCUT2D eigenvalue weighted by atomic mass is 19.4. The highest BCUT2D eigenvalue weighted by Gasteiger charge is 2.60. The quantitative estimate of drug-likeness (QED) is 0.413. The lowest BCUT2D eigenvalue weighted by Gasteiger charge is -2.39. The molecule has 3 heterocycles. The summed E-state index contributed by atoms with van der Waals surface area (Å²) in [5.74, 6) is -1.03. The smallest absolute Gasteiger partial charge is 0.434 e. The summed E-state index contributed by atoms with van der Waals surface area (Å²) in [4.78, 5) is 28.1. The number of hydrogen-bond donors (Lipinski definition) is 1. The van der Waals surface area contributed by atoms with Crippen LogP contribution in [-0.2, 0) is 22.3 Å². The Kier molecular flexibility index (Phi) is 8.37. The van der Waals surface area contributed by atoms with E-state index >= 15 is 0 Å². The minimum absolute atomic E-state index is 0.0571. The first-order valence-electron chi connectivity index (χ1n) is 13.2. The molecule has 0 bridgehead atoms. The second-order valence-corrected chi connectivity index (χ2v) is 11.7. The van der Waals surface area contributed by atoms with Crippen LogP contribution in [0.4, 0.5) is 50.0 Å². The number of aliphatic carboxylic acids is 1. The number of rotatable bonds is 5. The fourth-order valence-corrected chi connectivity index (χ4v) is 5.95. The largest absolute Gasteiger partial charge is 0.481 e. The van der Waals surface area contributed by atoms with Gasteiger partial charge in [-0.1, -0.05) is 0 Å². The number of piperidine rings is 1. The first-order valence-corrected chi connectivity index (χ1v) is 13.2. The Balaban J connectivity index is 1.40. The average Bonchev–Trinajstić information content (AvgIpc) is 3.45. The van der Waals surface area contributed by atoms with Gasteiger partial charge in [-0.15, -0.1) is 0 Å². The lowest BCUT2D eigenvalue weighted by atomic mass is 9.78. The second kappa shape index (κ2) is 11.0. The number of nitrogens with zero attached hydrogens (tertiary/aromatic N) is 3. The number of alkyl halides is 9. The molecule has 1 atom stereocenters. The van der Waals surface area contributed by atoms with Crippen molar-refractivity contribution in [2.45, 2.75) is 63.8 Å². The van der Waals surface area contributed by atoms with Crippen LogP contribution < -0.4 is 4.90 Å². The van der Waals surface area contributed by atoms with Gasteiger partial charge in [0.2, 0.25) is 0 Å². The number of carbonyl (C=O) groups is 2. The van der Waals surface area contributed by atoms with Crippen LogP contribution in [0.2, 0.25) is 0 Å². The number of halogens is 9. The minimum atomic E-state index is -5.81. The van der Waals surface area contributed by atoms with Gasteiger partial charge in [0, 0.05) is 45.0 Å². The highest BCUT2D eigenvalue weighted by Crippen LogP contribution is 2.43. The molecule has 3 aliphatic rings. The number of carboxylic acids is 1. The van der Waals surface area contributed by atoms with Crippen LogP contribution in [0.5, 0.6) is 0 Å². The molecule has 0 saturated carbocycles. The van der Waals surface area contributed by atoms with E-state index in [1.54, 1.807) is 17.9 Å². The van der Waals surface area contributed by atoms with Crippen LogP contribution in [0.3, 0.4) is 0 Å². The van der Waals surface area contributed by atoms with E-state index in [2.05, 4.69) is 4.74 Å². The molecule has 1 aromatic carbocycles. The Morgan fingerprint density at radius 2 is 1.48 bits per heavy atom. The summed E-state index contributed by atoms with van der Waals surface area (Å²) in [5.41, 5.74) is -1.73. The Morgan fingerprint density at radius 1 is 0.881 bits per heavy atom. The van der Waals surface area contributed by atoms with E-state index in [4.69, 9.17) is 0 Å². The van der Waals surface area contributed by atoms with Crippen molar-refractivity contribution in [1.82, 2.24) is 9.80 Å². The topological polar surface area (TPSA) is 73.3 Å². The van der Waals surface area contributed by atoms with Gasteiger partial charge in [-0.25, -0.2) is 4.79 Å². The molecule has 0 radical (unpaired) electrons. The van der Waals surface area contributed by atoms with Gasteiger partial charge in [-0.05, 0) is 68.3 Å². The van der Waals surface area contributed by atoms with Crippen molar-refractivity contribution < 1.29 is 58.9 Å². The predicted octanol–water partition coefficient (Wildman–Crippen LogP) is 5.92. The SMILES string of the molecule is CC1(C(=O)O)CCN(c2cc(CN3CCC4(CCN(C(=O)OC(C(F)(F)F)C(F)(F)F)CC4)C3)cc(C(F)(F)F)c2)C1. The van der Waals surface area contributed by atoms with E-state index < -0.39 is 53.1 Å². The number of carbonyl (C=O) groups excluding carboxylic acids is 1. The van der Waals surface area contributed by atoms with Crippen molar-refractivity contribution in [3.63, 3.8) is 0 Å². The molecule has 3 aliphatic heterocycles. The number of carboxylic acid groups (broad SMARTS) is 1. The molecule has 1 aromatic rings. The molecule has 0 aliphatic carbocycles. The third-order valence-electron chi connectivity index (χ3n) is 8.48. The Hall–Kier alpha value is -2.91. The molecule has 3 fully saturated rings. The molecule has 1 amide bonds. The van der Waals surface area contributed by atoms with E-state index in [1.807, 2.05) is 4.90 Å². The number of ether oxygens (including phenoxy) is 1. The van der Waals surface area contributed by atoms with Crippen molar-refractivity contribution in [2.75, 3.05) is 44.2 Å². The van der Waals surface area contributed by atoms with Gasteiger partial charge in [0.15, 0.2) is 0 Å². The molecule has 1 unspecified atom stereocenters. The zero-order valence-corrected chi connectivity index (χ0v) is 22.5. The van der Waals surface area contributed by atoms with Gasteiger partial charge in [0.1, 0.15) is 0 Å². The summed E-state index contributed by atoms with van der Waals surface area (Å²) in [6.45, 7) is 2.68. The third kappa shape index (κ3) is 7.00. The third-order valence-corrected chi connectivity index (χ3v) is 8.48. The molecule has 0 aromatic heterocycles. The van der Waals surface area contributed by atoms with Gasteiger partial charge in [-0.2, -0.15) is 39.5 Å². The zero-order chi connectivity index (χ0) is 31.3. The summed E-state index contributed by atoms with van der Waals surface area (Å²) >= 11 is 0. The van der Waals surface area contributed by atoms with E-state index in [0.717, 1.165) is 17.0 Å². The van der Waals surface area contributed by atoms with Crippen molar-refractivity contribution in [3.05, 3.63) is 29.3 Å². The maximum Gasteiger partial charge on any atom is 0.434 e. The number of anilines is 1. The molecule has 42 heavy (non-hydrogen) atoms. The van der Waals surface area contributed by atoms with Crippen LogP contribution >= 0.6 is 0 Å². The molecular weight excluding hydrogens is 589 g/mol. The van der Waals surface area contributed by atoms with Crippen LogP contribution in [0.15, 0.2) is 18.2 Å². The lowest BCUT2D eigenvalue weighted by molar-refractivity contribution is -0.308. The number of hydrogen-bond acceptors (Lipinski definition) is 5. The van der Waals surface area contributed by atoms with Crippen LogP contribution in [0.1, 0.15) is 43.7 Å². The van der Waals surface area contributed by atoms with Crippen LogP contribution in [0.25, 0.3) is 0 Å². The molecule has 7 nitrogen and oxygen atoms in total. The predicted molar refractivity (Wildman–Crippen MR) is 130 cm³/mol. The molecular formula is C26H30F9N3O4. The maximum absolute atomic E-state index is 13.7. The summed E-state index contributed by atoms with van der Waals surface area (Å²) in [5, 5.41) is 9.50. The van der Waals surface area contributed by atoms with Crippen LogP contribution in [0, 0.1) is 10.8 Å². The van der Waals surface area contributed by atoms with Crippen molar-refractivity contribution >= 4 is 17.7 Å². The minimum Gasteiger partial charge on any atom is -0.481 e. The summed E-state index contributed by atoms with van der Waals surface area (Å²) in [7, 11) is 0. The molecule has 3 saturated heterocycles. The summed E-state index contributed by atoms with van der Waals surface area (Å²) < 4.78 is 122. The molecule has 236 valence electrons. The van der Waals surface area contributed by atoms with E-state index in [0.29, 0.717) is 25.1 Å². The van der Waals surface area contributed by atoms with E-state index in [1.165, 1.54) is 0 Å². The molecule has 1 N–H and O–H groups in total. The fourth-order valence-electron chi connectivity index (χ4n) is 5.95. The first-order chi connectivity index (χ1) is 19.2. The van der Waals surface area contributed by atoms with Gasteiger partial charge in [-0.3, -0.25) is 9.69 Å². The van der Waals surface area contributed by atoms with Crippen LogP contribution in [-0.4, -0.2) is 84.7 Å². The summed E-state index contributed by atoms with van der Waals surface area (Å²) in [6, 6.07) is 3.64. The van der Waals surface area contributed by atoms with Crippen molar-refractivity contribution in [2.24, 2.45) is 10.8 Å². The Morgan fingerprint density at radius 3 is 2.00 bits per heavy atom. The zero-order valence-electron chi connectivity index (χ0n) is 22.5. The standard InChI is InChI=1S/C26H30F9N3O4/c1-22(20(39)40)2-7-38(14-22)18-11-16(10-17(12-18)24(27,28)29)13-36-6-3-23(15-36)4-8-37(9-5-23)21(41)42-19(25(30,31)32)26(33,34)35/h10-12,19H,2-9,13-15H2,1H3,(H,39,40). The van der Waals surface area contributed by atoms with E-state index in [9.17, 15) is 54.2 Å². The average molecular weight is 620 g/mol. The Labute approximate surface area is 235 Å². The van der Waals surface area contributed by atoms with Crippen molar-refractivity contribution in [3.8, 4) is 0 Å². The van der Waals surface area contributed by atoms with Gasteiger partial charge >= 0.3 is 30.6 Å². The monoisotopic (exact) mass is 619 g/mol. The van der Waals surface area contributed by atoms with Crippen molar-refractivity contribution in [1.29, 1.82) is 0 Å². The Bertz CT molecular complexity index is 1170. The van der Waals surface area contributed by atoms with Gasteiger partial charge in [0.25, 0.3) is 6.10 Å². The maximum atomic E-state index is 13.7. The van der Waals surface area contributed by atoms with Gasteiger partial charge in [0.05, 0.1) is 11.0 Å². The first kappa shape index (κ1) is 32.0. The molecule has 1 spiro atoms. The number of benzene rings is 1.